The van der Waals surface area contributed by atoms with Gasteiger partial charge in [-0.15, -0.1) is 24.0 Å². The summed E-state index contributed by atoms with van der Waals surface area (Å²) >= 11 is 12.1. The van der Waals surface area contributed by atoms with Crippen LogP contribution in [0, 0.1) is 0 Å². The maximum atomic E-state index is 6.20. The van der Waals surface area contributed by atoms with Crippen LogP contribution in [0.2, 0.25) is 10.0 Å². The second-order valence-electron chi connectivity index (χ2n) is 6.07. The van der Waals surface area contributed by atoms with Crippen LogP contribution in [-0.4, -0.2) is 22.6 Å². The second kappa shape index (κ2) is 11.3. The quantitative estimate of drug-likeness (QED) is 0.276. The van der Waals surface area contributed by atoms with Crippen LogP contribution in [-0.2, 0) is 19.6 Å². The van der Waals surface area contributed by atoms with Crippen LogP contribution in [0.3, 0.4) is 0 Å². The summed E-state index contributed by atoms with van der Waals surface area (Å²) in [5.41, 5.74) is 3.38. The van der Waals surface area contributed by atoms with Crippen LogP contribution < -0.4 is 10.6 Å². The molecule has 2 aromatic carbocycles. The number of halogens is 3. The molecule has 0 saturated heterocycles. The molecule has 0 aliphatic heterocycles. The third-order valence-corrected chi connectivity index (χ3v) is 4.68. The van der Waals surface area contributed by atoms with Gasteiger partial charge >= 0.3 is 0 Å². The number of nitrogens with zero attached hydrogens (tertiary/aromatic N) is 3. The molecule has 3 rings (SSSR count). The molecule has 0 aliphatic carbocycles. The first kappa shape index (κ1) is 22.5. The zero-order valence-corrected chi connectivity index (χ0v) is 19.2. The second-order valence-corrected chi connectivity index (χ2v) is 6.91. The van der Waals surface area contributed by atoms with E-state index in [-0.39, 0.29) is 24.0 Å². The lowest BCUT2D eigenvalue weighted by molar-refractivity contribution is 0.792. The van der Waals surface area contributed by atoms with E-state index in [0.717, 1.165) is 12.1 Å². The van der Waals surface area contributed by atoms with Crippen molar-refractivity contribution < 1.29 is 0 Å². The fraction of sp³-hybridized carbons (Fsp3) is 0.200. The van der Waals surface area contributed by atoms with Crippen molar-refractivity contribution in [2.75, 3.05) is 7.05 Å². The lowest BCUT2D eigenvalue weighted by Crippen LogP contribution is -2.36. The molecule has 0 radical (unpaired) electrons. The van der Waals surface area contributed by atoms with E-state index in [1.165, 1.54) is 11.1 Å². The standard InChI is InChI=1S/C20H21Cl2N5.HI/c1-23-20(26-12-17-6-7-18(21)10-19(17)22)25-11-15-2-4-16(5-3-15)13-27-9-8-24-14-27;/h2-10,14H,11-13H2,1H3,(H2,23,25,26);1H. The van der Waals surface area contributed by atoms with Crippen molar-refractivity contribution in [3.05, 3.63) is 87.9 Å². The summed E-state index contributed by atoms with van der Waals surface area (Å²) in [4.78, 5) is 8.31. The average Bonchev–Trinajstić information content (AvgIpc) is 3.17. The van der Waals surface area contributed by atoms with Gasteiger partial charge in [0.2, 0.25) is 0 Å². The molecule has 0 atom stereocenters. The molecule has 0 amide bonds. The molecule has 0 aliphatic rings. The first-order chi connectivity index (χ1) is 13.1. The molecule has 8 heteroatoms. The minimum atomic E-state index is 0. The normalized spacial score (nSPS) is 11.0. The molecule has 1 heterocycles. The Kier molecular flexibility index (Phi) is 9.08. The zero-order valence-electron chi connectivity index (χ0n) is 15.4. The Morgan fingerprint density at radius 1 is 1.04 bits per heavy atom. The third kappa shape index (κ3) is 6.68. The van der Waals surface area contributed by atoms with Gasteiger partial charge in [-0.05, 0) is 28.8 Å². The largest absolute Gasteiger partial charge is 0.352 e. The van der Waals surface area contributed by atoms with Gasteiger partial charge in [-0.25, -0.2) is 4.98 Å². The van der Waals surface area contributed by atoms with E-state index < -0.39 is 0 Å². The SMILES string of the molecule is CN=C(NCc1ccc(Cn2ccnc2)cc1)NCc1ccc(Cl)cc1Cl.I. The Hall–Kier alpha value is -1.77. The van der Waals surface area contributed by atoms with E-state index in [4.69, 9.17) is 23.2 Å². The molecule has 0 spiro atoms. The molecular formula is C20H22Cl2IN5. The number of benzene rings is 2. The van der Waals surface area contributed by atoms with Crippen molar-refractivity contribution in [3.8, 4) is 0 Å². The first-order valence-electron chi connectivity index (χ1n) is 8.56. The summed E-state index contributed by atoms with van der Waals surface area (Å²) in [6.07, 6.45) is 5.56. The van der Waals surface area contributed by atoms with Crippen molar-refractivity contribution in [1.29, 1.82) is 0 Å². The summed E-state index contributed by atoms with van der Waals surface area (Å²) in [5.74, 6) is 0.712. The van der Waals surface area contributed by atoms with Gasteiger partial charge in [-0.3, -0.25) is 4.99 Å². The smallest absolute Gasteiger partial charge is 0.191 e. The van der Waals surface area contributed by atoms with E-state index in [0.29, 0.717) is 29.1 Å². The highest BCUT2D eigenvalue weighted by molar-refractivity contribution is 14.0. The highest BCUT2D eigenvalue weighted by Crippen LogP contribution is 2.20. The number of guanidine groups is 1. The fourth-order valence-corrected chi connectivity index (χ4v) is 3.08. The molecule has 1 aromatic heterocycles. The lowest BCUT2D eigenvalue weighted by atomic mass is 10.1. The molecule has 0 fully saturated rings. The van der Waals surface area contributed by atoms with Gasteiger partial charge in [0.25, 0.3) is 0 Å². The van der Waals surface area contributed by atoms with E-state index in [9.17, 15) is 0 Å². The molecule has 0 saturated carbocycles. The Bertz CT molecular complexity index is 895. The number of imidazole rings is 1. The monoisotopic (exact) mass is 529 g/mol. The van der Waals surface area contributed by atoms with E-state index in [1.54, 1.807) is 19.3 Å². The Morgan fingerprint density at radius 3 is 2.39 bits per heavy atom. The van der Waals surface area contributed by atoms with Gasteiger partial charge < -0.3 is 15.2 Å². The molecule has 148 valence electrons. The van der Waals surface area contributed by atoms with Crippen LogP contribution in [0.4, 0.5) is 0 Å². The summed E-state index contributed by atoms with van der Waals surface area (Å²) in [5, 5.41) is 7.83. The topological polar surface area (TPSA) is 54.2 Å². The van der Waals surface area contributed by atoms with Gasteiger partial charge in [0, 0.05) is 49.1 Å². The van der Waals surface area contributed by atoms with Crippen LogP contribution in [0.15, 0.2) is 66.2 Å². The highest BCUT2D eigenvalue weighted by atomic mass is 127. The number of hydrogen-bond acceptors (Lipinski definition) is 2. The van der Waals surface area contributed by atoms with E-state index in [2.05, 4.69) is 44.9 Å². The maximum Gasteiger partial charge on any atom is 0.191 e. The zero-order chi connectivity index (χ0) is 19.1. The van der Waals surface area contributed by atoms with Gasteiger partial charge in [-0.1, -0.05) is 53.5 Å². The molecular weight excluding hydrogens is 508 g/mol. The molecule has 2 N–H and O–H groups in total. The molecule has 3 aromatic rings. The van der Waals surface area contributed by atoms with Crippen molar-refractivity contribution in [3.63, 3.8) is 0 Å². The Balaban J connectivity index is 0.00000280. The van der Waals surface area contributed by atoms with E-state index in [1.807, 2.05) is 29.2 Å². The van der Waals surface area contributed by atoms with Crippen molar-refractivity contribution in [2.24, 2.45) is 4.99 Å². The fourth-order valence-electron chi connectivity index (χ4n) is 2.60. The number of nitrogens with one attached hydrogen (secondary N) is 2. The highest BCUT2D eigenvalue weighted by Gasteiger charge is 2.04. The van der Waals surface area contributed by atoms with Crippen molar-refractivity contribution >= 4 is 53.1 Å². The van der Waals surface area contributed by atoms with Crippen molar-refractivity contribution in [1.82, 2.24) is 20.2 Å². The minimum absolute atomic E-state index is 0. The lowest BCUT2D eigenvalue weighted by Gasteiger charge is -2.13. The predicted molar refractivity (Wildman–Crippen MR) is 127 cm³/mol. The summed E-state index contributed by atoms with van der Waals surface area (Å²) in [7, 11) is 1.74. The van der Waals surface area contributed by atoms with Crippen molar-refractivity contribution in [2.45, 2.75) is 19.6 Å². The van der Waals surface area contributed by atoms with Gasteiger partial charge in [-0.2, -0.15) is 0 Å². The molecule has 5 nitrogen and oxygen atoms in total. The first-order valence-corrected chi connectivity index (χ1v) is 9.31. The molecule has 28 heavy (non-hydrogen) atoms. The Morgan fingerprint density at radius 2 is 1.75 bits per heavy atom. The number of rotatable bonds is 6. The van der Waals surface area contributed by atoms with Gasteiger partial charge in [0.15, 0.2) is 5.96 Å². The summed E-state index contributed by atoms with van der Waals surface area (Å²) < 4.78 is 2.04. The van der Waals surface area contributed by atoms with Crippen LogP contribution in [0.25, 0.3) is 0 Å². The molecule has 0 unspecified atom stereocenters. The molecule has 0 bridgehead atoms. The van der Waals surface area contributed by atoms with Crippen LogP contribution >= 0.6 is 47.2 Å². The summed E-state index contributed by atoms with van der Waals surface area (Å²) in [6, 6.07) is 13.9. The minimum Gasteiger partial charge on any atom is -0.352 e. The van der Waals surface area contributed by atoms with E-state index >= 15 is 0 Å². The number of hydrogen-bond donors (Lipinski definition) is 2. The predicted octanol–water partition coefficient (Wildman–Crippen LogP) is 4.72. The van der Waals surface area contributed by atoms with Gasteiger partial charge in [0.1, 0.15) is 0 Å². The number of aromatic nitrogens is 2. The summed E-state index contributed by atoms with van der Waals surface area (Å²) in [6.45, 7) is 2.07. The van der Waals surface area contributed by atoms with Crippen LogP contribution in [0.5, 0.6) is 0 Å². The average molecular weight is 530 g/mol. The van der Waals surface area contributed by atoms with Gasteiger partial charge in [0.05, 0.1) is 6.33 Å². The Labute approximate surface area is 192 Å². The third-order valence-electron chi connectivity index (χ3n) is 4.09. The maximum absolute atomic E-state index is 6.20. The number of aliphatic imine (C=N–C) groups is 1. The van der Waals surface area contributed by atoms with Crippen LogP contribution in [0.1, 0.15) is 16.7 Å².